The van der Waals surface area contributed by atoms with Crippen molar-refractivity contribution in [2.45, 2.75) is 31.2 Å². The minimum Gasteiger partial charge on any atom is -0.328 e. The SMILES string of the molecule is O=C(Nc1ccc2sc(=O)[nH]c2c1)NC1(c2ccc(F)cc2F)CCCC1. The Balaban J connectivity index is 1.57. The number of aromatic amines is 1. The second-order valence-electron chi connectivity index (χ2n) is 6.72. The maximum absolute atomic E-state index is 14.4. The summed E-state index contributed by atoms with van der Waals surface area (Å²) < 4.78 is 28.4. The summed E-state index contributed by atoms with van der Waals surface area (Å²) in [6.45, 7) is 0. The van der Waals surface area contributed by atoms with E-state index in [0.29, 0.717) is 29.6 Å². The molecule has 0 spiro atoms. The normalized spacial score (nSPS) is 15.8. The van der Waals surface area contributed by atoms with Crippen LogP contribution >= 0.6 is 11.3 Å². The molecule has 2 aromatic carbocycles. The Kier molecular flexibility index (Phi) is 4.43. The standard InChI is InChI=1S/C19H17F2N3O2S/c20-11-3-5-13(14(21)9-11)19(7-1-2-8-19)24-17(25)22-12-4-6-16-15(10-12)23-18(26)27-16/h3-6,9-10H,1-2,7-8H2,(H,23,26)(H2,22,24,25). The number of halogens is 2. The van der Waals surface area contributed by atoms with Crippen LogP contribution in [0.2, 0.25) is 0 Å². The van der Waals surface area contributed by atoms with Crippen molar-refractivity contribution < 1.29 is 13.6 Å². The molecule has 8 heteroatoms. The number of hydrogen-bond donors (Lipinski definition) is 3. The fraction of sp³-hybridized carbons (Fsp3) is 0.263. The second kappa shape index (κ2) is 6.77. The summed E-state index contributed by atoms with van der Waals surface area (Å²) in [6.07, 6.45) is 2.86. The number of carbonyl (C=O) groups excluding carboxylic acids is 1. The first kappa shape index (κ1) is 17.7. The number of amides is 2. The Bertz CT molecular complexity index is 1070. The van der Waals surface area contributed by atoms with Gasteiger partial charge in [-0.05, 0) is 37.1 Å². The van der Waals surface area contributed by atoms with Gasteiger partial charge in [-0.1, -0.05) is 30.2 Å². The van der Waals surface area contributed by atoms with Crippen molar-refractivity contribution in [2.75, 3.05) is 5.32 Å². The van der Waals surface area contributed by atoms with Crippen LogP contribution in [0.3, 0.4) is 0 Å². The van der Waals surface area contributed by atoms with E-state index in [1.165, 1.54) is 12.1 Å². The molecule has 0 unspecified atom stereocenters. The first-order chi connectivity index (χ1) is 12.9. The van der Waals surface area contributed by atoms with E-state index < -0.39 is 23.2 Å². The number of anilines is 1. The van der Waals surface area contributed by atoms with E-state index in [2.05, 4.69) is 15.6 Å². The van der Waals surface area contributed by atoms with Crippen LogP contribution in [-0.4, -0.2) is 11.0 Å². The molecule has 3 aromatic rings. The van der Waals surface area contributed by atoms with E-state index in [4.69, 9.17) is 0 Å². The lowest BCUT2D eigenvalue weighted by Crippen LogP contribution is -2.46. The summed E-state index contributed by atoms with van der Waals surface area (Å²) >= 11 is 1.09. The monoisotopic (exact) mass is 389 g/mol. The number of fused-ring (bicyclic) bond motifs is 1. The highest BCUT2D eigenvalue weighted by Crippen LogP contribution is 2.40. The van der Waals surface area contributed by atoms with Crippen molar-refractivity contribution in [1.82, 2.24) is 10.3 Å². The lowest BCUT2D eigenvalue weighted by Gasteiger charge is -2.31. The van der Waals surface area contributed by atoms with Gasteiger partial charge in [0, 0.05) is 17.3 Å². The van der Waals surface area contributed by atoms with Gasteiger partial charge in [-0.15, -0.1) is 0 Å². The van der Waals surface area contributed by atoms with Crippen molar-refractivity contribution in [3.05, 3.63) is 63.3 Å². The van der Waals surface area contributed by atoms with Crippen molar-refractivity contribution in [2.24, 2.45) is 0 Å². The predicted octanol–water partition coefficient (Wildman–Crippen LogP) is 4.46. The van der Waals surface area contributed by atoms with Gasteiger partial charge in [0.1, 0.15) is 11.6 Å². The number of hydrogen-bond acceptors (Lipinski definition) is 3. The average molecular weight is 389 g/mol. The van der Waals surface area contributed by atoms with E-state index in [1.807, 2.05) is 0 Å². The second-order valence-corrected chi connectivity index (χ2v) is 7.73. The number of aromatic nitrogens is 1. The maximum Gasteiger partial charge on any atom is 0.319 e. The topological polar surface area (TPSA) is 74.0 Å². The van der Waals surface area contributed by atoms with Crippen molar-refractivity contribution >= 4 is 33.3 Å². The highest BCUT2D eigenvalue weighted by Gasteiger charge is 2.39. The number of benzene rings is 2. The summed E-state index contributed by atoms with van der Waals surface area (Å²) in [5.41, 5.74) is 0.599. The minimum absolute atomic E-state index is 0.164. The third kappa shape index (κ3) is 3.44. The van der Waals surface area contributed by atoms with Gasteiger partial charge in [-0.25, -0.2) is 13.6 Å². The lowest BCUT2D eigenvalue weighted by atomic mass is 9.87. The third-order valence-corrected chi connectivity index (χ3v) is 5.80. The van der Waals surface area contributed by atoms with E-state index in [0.717, 1.165) is 34.9 Å². The Hall–Kier alpha value is -2.74. The number of rotatable bonds is 3. The molecular weight excluding hydrogens is 372 g/mol. The van der Waals surface area contributed by atoms with E-state index >= 15 is 0 Å². The molecule has 0 saturated heterocycles. The molecule has 0 aliphatic heterocycles. The van der Waals surface area contributed by atoms with Gasteiger partial charge in [0.25, 0.3) is 0 Å². The van der Waals surface area contributed by atoms with Crippen LogP contribution in [-0.2, 0) is 5.54 Å². The molecule has 1 aromatic heterocycles. The van der Waals surface area contributed by atoms with Gasteiger partial charge in [-0.2, -0.15) is 0 Å². The third-order valence-electron chi connectivity index (χ3n) is 4.93. The summed E-state index contributed by atoms with van der Waals surface area (Å²) in [7, 11) is 0. The molecule has 1 fully saturated rings. The van der Waals surface area contributed by atoms with Crippen LogP contribution in [0.4, 0.5) is 19.3 Å². The van der Waals surface area contributed by atoms with Gasteiger partial charge in [0.15, 0.2) is 0 Å². The maximum atomic E-state index is 14.4. The summed E-state index contributed by atoms with van der Waals surface area (Å²) in [6, 6.07) is 8.10. The molecule has 4 rings (SSSR count). The summed E-state index contributed by atoms with van der Waals surface area (Å²) in [4.78, 5) is 26.5. The van der Waals surface area contributed by atoms with Gasteiger partial charge in [-0.3, -0.25) is 4.79 Å². The van der Waals surface area contributed by atoms with Crippen LogP contribution in [0, 0.1) is 11.6 Å². The molecular formula is C19H17F2N3O2S. The number of urea groups is 1. The van der Waals surface area contributed by atoms with Crippen LogP contribution < -0.4 is 15.5 Å². The highest BCUT2D eigenvalue weighted by atomic mass is 32.1. The Labute approximate surface area is 157 Å². The van der Waals surface area contributed by atoms with Crippen molar-refractivity contribution in [1.29, 1.82) is 0 Å². The number of carbonyl (C=O) groups is 1. The molecule has 0 atom stereocenters. The smallest absolute Gasteiger partial charge is 0.319 e. The molecule has 1 aliphatic rings. The molecule has 0 radical (unpaired) electrons. The zero-order valence-corrected chi connectivity index (χ0v) is 15.1. The van der Waals surface area contributed by atoms with E-state index in [-0.39, 0.29) is 4.87 Å². The predicted molar refractivity (Wildman–Crippen MR) is 101 cm³/mol. The van der Waals surface area contributed by atoms with Crippen molar-refractivity contribution in [3.8, 4) is 0 Å². The fourth-order valence-corrected chi connectivity index (χ4v) is 4.44. The van der Waals surface area contributed by atoms with Gasteiger partial charge in [0.05, 0.1) is 15.8 Å². The quantitative estimate of drug-likeness (QED) is 0.619. The molecule has 3 N–H and O–H groups in total. The van der Waals surface area contributed by atoms with Gasteiger partial charge in [0.2, 0.25) is 0 Å². The minimum atomic E-state index is -0.858. The van der Waals surface area contributed by atoms with Crippen LogP contribution in [0.5, 0.6) is 0 Å². The summed E-state index contributed by atoms with van der Waals surface area (Å²) in [5.74, 6) is -1.30. The molecule has 1 saturated carbocycles. The van der Waals surface area contributed by atoms with Crippen molar-refractivity contribution in [3.63, 3.8) is 0 Å². The molecule has 0 bridgehead atoms. The lowest BCUT2D eigenvalue weighted by molar-refractivity contribution is 0.235. The Morgan fingerprint density at radius 1 is 1.11 bits per heavy atom. The van der Waals surface area contributed by atoms with E-state index in [1.54, 1.807) is 18.2 Å². The molecule has 140 valence electrons. The largest absolute Gasteiger partial charge is 0.328 e. The van der Waals surface area contributed by atoms with E-state index in [9.17, 15) is 18.4 Å². The van der Waals surface area contributed by atoms with Crippen LogP contribution in [0.1, 0.15) is 31.2 Å². The molecule has 5 nitrogen and oxygen atoms in total. The molecule has 2 amide bonds. The first-order valence-electron chi connectivity index (χ1n) is 8.63. The van der Waals surface area contributed by atoms with Crippen LogP contribution in [0.25, 0.3) is 10.2 Å². The molecule has 1 aliphatic carbocycles. The van der Waals surface area contributed by atoms with Gasteiger partial charge < -0.3 is 15.6 Å². The first-order valence-corrected chi connectivity index (χ1v) is 9.44. The number of H-pyrrole nitrogens is 1. The zero-order valence-electron chi connectivity index (χ0n) is 14.3. The summed E-state index contributed by atoms with van der Waals surface area (Å²) in [5, 5.41) is 5.62. The average Bonchev–Trinajstić information content (AvgIpc) is 3.20. The van der Waals surface area contributed by atoms with Gasteiger partial charge >= 0.3 is 10.9 Å². The number of thiazole rings is 1. The number of nitrogens with one attached hydrogen (secondary N) is 3. The zero-order chi connectivity index (χ0) is 19.0. The highest BCUT2D eigenvalue weighted by molar-refractivity contribution is 7.16. The Morgan fingerprint density at radius 2 is 1.89 bits per heavy atom. The molecule has 1 heterocycles. The fourth-order valence-electron chi connectivity index (χ4n) is 3.73. The Morgan fingerprint density at radius 3 is 2.63 bits per heavy atom. The van der Waals surface area contributed by atoms with Crippen LogP contribution in [0.15, 0.2) is 41.2 Å². The molecule has 27 heavy (non-hydrogen) atoms.